The maximum atomic E-state index is 12.7. The Labute approximate surface area is 105 Å². The monoisotopic (exact) mass is 280 g/mol. The van der Waals surface area contributed by atoms with Gasteiger partial charge in [-0.2, -0.15) is 22.0 Å². The minimum atomic E-state index is -5.99. The van der Waals surface area contributed by atoms with Crippen molar-refractivity contribution in [2.45, 2.75) is 25.4 Å². The van der Waals surface area contributed by atoms with Crippen LogP contribution in [0.15, 0.2) is 24.3 Å². The smallest absolute Gasteiger partial charge is 0.294 e. The van der Waals surface area contributed by atoms with E-state index in [0.717, 1.165) is 0 Å². The van der Waals surface area contributed by atoms with Gasteiger partial charge in [-0.15, -0.1) is 0 Å². The maximum Gasteiger partial charge on any atom is 0.461 e. The van der Waals surface area contributed by atoms with E-state index in [1.807, 2.05) is 0 Å². The third-order valence-corrected chi connectivity index (χ3v) is 2.37. The second-order valence-electron chi connectivity index (χ2n) is 3.96. The van der Waals surface area contributed by atoms with Crippen LogP contribution in [0.1, 0.15) is 22.3 Å². The minimum absolute atomic E-state index is 0.0775. The average Bonchev–Trinajstić information content (AvgIpc) is 2.27. The highest BCUT2D eigenvalue weighted by molar-refractivity contribution is 6.10. The molecule has 0 heterocycles. The van der Waals surface area contributed by atoms with Crippen LogP contribution in [0.2, 0.25) is 0 Å². The molecule has 0 amide bonds. The average molecular weight is 280 g/mol. The molecule has 2 nitrogen and oxygen atoms in total. The van der Waals surface area contributed by atoms with Crippen molar-refractivity contribution in [1.29, 1.82) is 0 Å². The molecule has 0 saturated carbocycles. The molecule has 0 N–H and O–H groups in total. The molecule has 0 atom stereocenters. The van der Waals surface area contributed by atoms with Crippen molar-refractivity contribution in [1.82, 2.24) is 0 Å². The van der Waals surface area contributed by atoms with E-state index in [0.29, 0.717) is 5.56 Å². The van der Waals surface area contributed by atoms with E-state index in [2.05, 4.69) is 0 Å². The van der Waals surface area contributed by atoms with E-state index in [9.17, 15) is 31.5 Å². The molecule has 0 aliphatic heterocycles. The van der Waals surface area contributed by atoms with Crippen molar-refractivity contribution >= 4 is 11.6 Å². The van der Waals surface area contributed by atoms with Crippen LogP contribution in [0.5, 0.6) is 0 Å². The molecule has 0 unspecified atom stereocenters. The molecule has 0 aliphatic rings. The Hall–Kier alpha value is -1.79. The zero-order chi connectivity index (χ0) is 14.8. The van der Waals surface area contributed by atoms with E-state index < -0.39 is 30.1 Å². The van der Waals surface area contributed by atoms with Crippen LogP contribution in [0.3, 0.4) is 0 Å². The highest BCUT2D eigenvalue weighted by Gasteiger charge is 2.62. The molecule has 19 heavy (non-hydrogen) atoms. The van der Waals surface area contributed by atoms with Gasteiger partial charge in [0, 0.05) is 5.56 Å². The molecule has 0 aliphatic carbocycles. The fourth-order valence-corrected chi connectivity index (χ4v) is 1.34. The summed E-state index contributed by atoms with van der Waals surface area (Å²) in [5.41, 5.74) is 0.548. The summed E-state index contributed by atoms with van der Waals surface area (Å²) in [6, 6.07) is 5.60. The number of hydrogen-bond donors (Lipinski definition) is 0. The van der Waals surface area contributed by atoms with Gasteiger partial charge in [0.15, 0.2) is 5.78 Å². The number of hydrogen-bond acceptors (Lipinski definition) is 2. The lowest BCUT2D eigenvalue weighted by atomic mass is 10.0. The predicted molar refractivity (Wildman–Crippen MR) is 56.1 cm³/mol. The molecule has 0 spiro atoms. The van der Waals surface area contributed by atoms with Crippen LogP contribution in [0.4, 0.5) is 22.0 Å². The number of halogens is 5. The molecule has 0 bridgehead atoms. The van der Waals surface area contributed by atoms with Crippen molar-refractivity contribution in [3.05, 3.63) is 35.4 Å². The standard InChI is InChI=1S/C12H9F5O2/c1-7-3-2-4-8(5-7)9(18)6-10(19)11(13,14)12(15,16)17/h2-5H,6H2,1H3. The first-order valence-electron chi connectivity index (χ1n) is 5.13. The summed E-state index contributed by atoms with van der Waals surface area (Å²) in [6.07, 6.45) is -7.48. The summed E-state index contributed by atoms with van der Waals surface area (Å²) in [4.78, 5) is 22.3. The largest absolute Gasteiger partial charge is 0.461 e. The van der Waals surface area contributed by atoms with E-state index >= 15 is 0 Å². The van der Waals surface area contributed by atoms with Gasteiger partial charge in [0.05, 0.1) is 6.42 Å². The molecular weight excluding hydrogens is 271 g/mol. The topological polar surface area (TPSA) is 34.1 Å². The van der Waals surface area contributed by atoms with Gasteiger partial charge in [-0.25, -0.2) is 0 Å². The van der Waals surface area contributed by atoms with Crippen molar-refractivity contribution in [2.75, 3.05) is 0 Å². The zero-order valence-electron chi connectivity index (χ0n) is 9.72. The van der Waals surface area contributed by atoms with Crippen LogP contribution in [-0.4, -0.2) is 23.7 Å². The summed E-state index contributed by atoms with van der Waals surface area (Å²) in [6.45, 7) is 1.61. The first kappa shape index (κ1) is 15.3. The van der Waals surface area contributed by atoms with Gasteiger partial charge >= 0.3 is 12.1 Å². The Bertz CT molecular complexity index is 505. The number of carbonyl (C=O) groups excluding carboxylic acids is 2. The number of aryl methyl sites for hydroxylation is 1. The number of carbonyl (C=O) groups is 2. The molecule has 0 radical (unpaired) electrons. The van der Waals surface area contributed by atoms with Crippen LogP contribution < -0.4 is 0 Å². The summed E-state index contributed by atoms with van der Waals surface area (Å²) in [7, 11) is 0. The molecule has 0 fully saturated rings. The van der Waals surface area contributed by atoms with Crippen LogP contribution in [-0.2, 0) is 4.79 Å². The maximum absolute atomic E-state index is 12.7. The Morgan fingerprint density at radius 3 is 2.16 bits per heavy atom. The fourth-order valence-electron chi connectivity index (χ4n) is 1.34. The lowest BCUT2D eigenvalue weighted by Gasteiger charge is -2.17. The predicted octanol–water partition coefficient (Wildman–Crippen LogP) is 3.33. The fraction of sp³-hybridized carbons (Fsp3) is 0.333. The summed E-state index contributed by atoms with van der Waals surface area (Å²) in [5, 5.41) is 0. The second kappa shape index (κ2) is 5.07. The number of benzene rings is 1. The zero-order valence-corrected chi connectivity index (χ0v) is 9.72. The molecular formula is C12H9F5O2. The lowest BCUT2D eigenvalue weighted by molar-refractivity contribution is -0.268. The number of rotatable bonds is 4. The van der Waals surface area contributed by atoms with Gasteiger partial charge in [-0.1, -0.05) is 23.8 Å². The lowest BCUT2D eigenvalue weighted by Crippen LogP contribution is -2.44. The molecule has 0 saturated heterocycles. The van der Waals surface area contributed by atoms with Gasteiger partial charge < -0.3 is 0 Å². The van der Waals surface area contributed by atoms with Gasteiger partial charge in [0.25, 0.3) is 0 Å². The van der Waals surface area contributed by atoms with Crippen molar-refractivity contribution in [3.8, 4) is 0 Å². The van der Waals surface area contributed by atoms with Crippen LogP contribution >= 0.6 is 0 Å². The minimum Gasteiger partial charge on any atom is -0.294 e. The van der Waals surface area contributed by atoms with Gasteiger partial charge in [-0.3, -0.25) is 9.59 Å². The molecule has 0 aromatic heterocycles. The van der Waals surface area contributed by atoms with Crippen molar-refractivity contribution in [3.63, 3.8) is 0 Å². The van der Waals surface area contributed by atoms with E-state index in [-0.39, 0.29) is 5.56 Å². The molecule has 1 rings (SSSR count). The quantitative estimate of drug-likeness (QED) is 0.481. The van der Waals surface area contributed by atoms with Crippen LogP contribution in [0.25, 0.3) is 0 Å². The van der Waals surface area contributed by atoms with Crippen molar-refractivity contribution in [2.24, 2.45) is 0 Å². The third-order valence-electron chi connectivity index (χ3n) is 2.37. The van der Waals surface area contributed by atoms with E-state index in [1.165, 1.54) is 18.2 Å². The number of alkyl halides is 5. The van der Waals surface area contributed by atoms with E-state index in [4.69, 9.17) is 0 Å². The Kier molecular flexibility index (Phi) is 4.07. The van der Waals surface area contributed by atoms with Crippen LogP contribution in [0, 0.1) is 6.92 Å². The molecule has 1 aromatic carbocycles. The van der Waals surface area contributed by atoms with Gasteiger partial charge in [0.2, 0.25) is 5.78 Å². The SMILES string of the molecule is Cc1cccc(C(=O)CC(=O)C(F)(F)C(F)(F)F)c1. The van der Waals surface area contributed by atoms with E-state index in [1.54, 1.807) is 13.0 Å². The van der Waals surface area contributed by atoms with Gasteiger partial charge in [-0.05, 0) is 13.0 Å². The molecule has 1 aromatic rings. The Morgan fingerprint density at radius 1 is 1.11 bits per heavy atom. The highest BCUT2D eigenvalue weighted by Crippen LogP contribution is 2.37. The molecule has 104 valence electrons. The number of ketones is 2. The summed E-state index contributed by atoms with van der Waals surface area (Å²) < 4.78 is 61.1. The Morgan fingerprint density at radius 2 is 1.68 bits per heavy atom. The Balaban J connectivity index is 2.87. The normalized spacial score (nSPS) is 12.3. The second-order valence-corrected chi connectivity index (χ2v) is 3.96. The first-order valence-corrected chi connectivity index (χ1v) is 5.13. The summed E-state index contributed by atoms with van der Waals surface area (Å²) >= 11 is 0. The first-order chi connectivity index (χ1) is 8.55. The van der Waals surface area contributed by atoms with Gasteiger partial charge in [0.1, 0.15) is 0 Å². The van der Waals surface area contributed by atoms with Crippen molar-refractivity contribution < 1.29 is 31.5 Å². The number of Topliss-reactive ketones (excluding diaryl/α,β-unsaturated/α-hetero) is 2. The third kappa shape index (κ3) is 3.36. The summed E-state index contributed by atoms with van der Waals surface area (Å²) in [5.74, 6) is -9.03. The molecule has 7 heteroatoms. The highest BCUT2D eigenvalue weighted by atomic mass is 19.4.